The van der Waals surface area contributed by atoms with E-state index >= 15 is 0 Å². The second-order valence-electron chi connectivity index (χ2n) is 10.8. The first-order valence-corrected chi connectivity index (χ1v) is 13.0. The Bertz CT molecular complexity index is 997. The molecule has 1 aromatic rings. The van der Waals surface area contributed by atoms with Crippen molar-refractivity contribution in [3.63, 3.8) is 0 Å². The second kappa shape index (κ2) is 10.4. The summed E-state index contributed by atoms with van der Waals surface area (Å²) in [6.45, 7) is 8.92. The quantitative estimate of drug-likeness (QED) is 0.376. The first kappa shape index (κ1) is 24.6. The van der Waals surface area contributed by atoms with Gasteiger partial charge in [-0.05, 0) is 56.9 Å². The molecule has 0 bridgehead atoms. The molecule has 1 N–H and O–H groups in total. The molecule has 184 valence electrons. The molecule has 0 amide bonds. The van der Waals surface area contributed by atoms with Crippen molar-refractivity contribution >= 4 is 11.8 Å². The Labute approximate surface area is 204 Å². The van der Waals surface area contributed by atoms with Crippen molar-refractivity contribution in [3.05, 3.63) is 52.4 Å². The molecule has 0 saturated heterocycles. The van der Waals surface area contributed by atoms with Gasteiger partial charge in [-0.15, -0.1) is 0 Å². The normalized spacial score (nSPS) is 22.8. The van der Waals surface area contributed by atoms with Crippen LogP contribution in [0.2, 0.25) is 0 Å². The van der Waals surface area contributed by atoms with Crippen molar-refractivity contribution in [2.75, 3.05) is 6.61 Å². The number of dihydropyridines is 1. The van der Waals surface area contributed by atoms with Gasteiger partial charge in [0.15, 0.2) is 5.78 Å². The number of esters is 1. The summed E-state index contributed by atoms with van der Waals surface area (Å²) in [6, 6.07) is 7.85. The Kier molecular flexibility index (Phi) is 7.49. The lowest BCUT2D eigenvalue weighted by Crippen LogP contribution is -2.39. The number of rotatable bonds is 7. The molecule has 0 spiro atoms. The summed E-state index contributed by atoms with van der Waals surface area (Å²) in [6.07, 6.45) is 8.38. The highest BCUT2D eigenvalue weighted by Gasteiger charge is 2.44. The van der Waals surface area contributed by atoms with Crippen LogP contribution in [0.3, 0.4) is 0 Å². The number of para-hydroxylation sites is 1. The number of unbranched alkanes of at least 4 members (excludes halogenated alkanes) is 1. The summed E-state index contributed by atoms with van der Waals surface area (Å²) in [7, 11) is 0. The van der Waals surface area contributed by atoms with Crippen LogP contribution in [0.25, 0.3) is 0 Å². The van der Waals surface area contributed by atoms with Crippen molar-refractivity contribution in [1.82, 2.24) is 5.32 Å². The molecule has 34 heavy (non-hydrogen) atoms. The number of benzene rings is 1. The van der Waals surface area contributed by atoms with Gasteiger partial charge in [-0.25, -0.2) is 4.79 Å². The highest BCUT2D eigenvalue weighted by Crippen LogP contribution is 2.48. The summed E-state index contributed by atoms with van der Waals surface area (Å²) < 4.78 is 12.2. The van der Waals surface area contributed by atoms with Crippen LogP contribution in [0.5, 0.6) is 5.75 Å². The van der Waals surface area contributed by atoms with Gasteiger partial charge in [0.2, 0.25) is 0 Å². The van der Waals surface area contributed by atoms with Crippen LogP contribution >= 0.6 is 0 Å². The number of carbonyl (C=O) groups is 2. The van der Waals surface area contributed by atoms with E-state index in [2.05, 4.69) is 26.1 Å². The Morgan fingerprint density at radius 1 is 1.12 bits per heavy atom. The highest BCUT2D eigenvalue weighted by molar-refractivity contribution is 6.04. The number of hydrogen-bond acceptors (Lipinski definition) is 5. The number of carbonyl (C=O) groups excluding carboxylic acids is 2. The van der Waals surface area contributed by atoms with Gasteiger partial charge in [-0.1, -0.05) is 51.8 Å². The third-order valence-corrected chi connectivity index (χ3v) is 7.27. The molecule has 1 aliphatic heterocycles. The predicted octanol–water partition coefficient (Wildman–Crippen LogP) is 6.35. The molecular formula is C29H39NO4. The largest absolute Gasteiger partial charge is 0.493 e. The lowest BCUT2D eigenvalue weighted by atomic mass is 9.68. The fourth-order valence-electron chi connectivity index (χ4n) is 5.59. The molecule has 3 aliphatic rings. The third-order valence-electron chi connectivity index (χ3n) is 7.27. The minimum absolute atomic E-state index is 0.0467. The number of nitrogens with one attached hydrogen (secondary N) is 1. The van der Waals surface area contributed by atoms with Gasteiger partial charge < -0.3 is 14.8 Å². The SMILES string of the molecule is CCCCOc1ccccc1[C@@H]1C(C(=O)OC2CCCCC2)=C(C)NC2=C1C(=O)CC(C)(C)C2. The van der Waals surface area contributed by atoms with E-state index in [1.807, 2.05) is 31.2 Å². The number of allylic oxidation sites excluding steroid dienone is 3. The Morgan fingerprint density at radius 2 is 1.85 bits per heavy atom. The van der Waals surface area contributed by atoms with Crippen LogP contribution in [-0.2, 0) is 14.3 Å². The molecular weight excluding hydrogens is 426 g/mol. The third kappa shape index (κ3) is 5.24. The van der Waals surface area contributed by atoms with Gasteiger partial charge in [-0.3, -0.25) is 4.79 Å². The van der Waals surface area contributed by atoms with Crippen LogP contribution in [0.15, 0.2) is 46.8 Å². The lowest BCUT2D eigenvalue weighted by molar-refractivity contribution is -0.146. The van der Waals surface area contributed by atoms with Crippen molar-refractivity contribution in [2.45, 2.75) is 97.5 Å². The monoisotopic (exact) mass is 465 g/mol. The Balaban J connectivity index is 1.77. The van der Waals surface area contributed by atoms with Crippen molar-refractivity contribution in [2.24, 2.45) is 5.41 Å². The standard InChI is InChI=1S/C29H39NO4/c1-5-6-16-33-24-15-11-10-14-21(24)26-25(28(32)34-20-12-8-7-9-13-20)19(2)30-22-17-29(3,4)18-23(31)27(22)26/h10-11,14-15,20,26,30H,5-9,12-13,16-18H2,1-4H3/t26-/m1/s1. The van der Waals surface area contributed by atoms with Crippen LogP contribution in [0.4, 0.5) is 0 Å². The summed E-state index contributed by atoms with van der Waals surface area (Å²) in [5.41, 5.74) is 3.71. The molecule has 0 unspecified atom stereocenters. The minimum atomic E-state index is -0.478. The van der Waals surface area contributed by atoms with E-state index in [0.29, 0.717) is 24.2 Å². The first-order chi connectivity index (χ1) is 16.3. The van der Waals surface area contributed by atoms with Gasteiger partial charge in [0, 0.05) is 29.0 Å². The van der Waals surface area contributed by atoms with E-state index in [0.717, 1.165) is 67.7 Å². The van der Waals surface area contributed by atoms with E-state index in [4.69, 9.17) is 9.47 Å². The lowest BCUT2D eigenvalue weighted by Gasteiger charge is -2.40. The van der Waals surface area contributed by atoms with E-state index < -0.39 is 5.92 Å². The molecule has 1 saturated carbocycles. The predicted molar refractivity (Wildman–Crippen MR) is 133 cm³/mol. The molecule has 1 aromatic carbocycles. The van der Waals surface area contributed by atoms with Gasteiger partial charge in [-0.2, -0.15) is 0 Å². The van der Waals surface area contributed by atoms with Crippen molar-refractivity contribution in [1.29, 1.82) is 0 Å². The van der Waals surface area contributed by atoms with E-state index in [1.54, 1.807) is 0 Å². The smallest absolute Gasteiger partial charge is 0.337 e. The van der Waals surface area contributed by atoms with Crippen LogP contribution < -0.4 is 10.1 Å². The average molecular weight is 466 g/mol. The second-order valence-corrected chi connectivity index (χ2v) is 10.8. The first-order valence-electron chi connectivity index (χ1n) is 13.0. The maximum atomic E-state index is 13.6. The molecule has 1 heterocycles. The molecule has 0 radical (unpaired) electrons. The summed E-state index contributed by atoms with van der Waals surface area (Å²) in [4.78, 5) is 27.2. The average Bonchev–Trinajstić information content (AvgIpc) is 2.78. The zero-order valence-electron chi connectivity index (χ0n) is 21.2. The zero-order valence-corrected chi connectivity index (χ0v) is 21.2. The summed E-state index contributed by atoms with van der Waals surface area (Å²) >= 11 is 0. The molecule has 2 aliphatic carbocycles. The molecule has 1 atom stereocenters. The molecule has 4 rings (SSSR count). The number of Topliss-reactive ketones (excluding diaryl/α,β-unsaturated/α-hetero) is 1. The van der Waals surface area contributed by atoms with Crippen LogP contribution in [0, 0.1) is 5.41 Å². The maximum Gasteiger partial charge on any atom is 0.337 e. The van der Waals surface area contributed by atoms with Gasteiger partial charge in [0.1, 0.15) is 11.9 Å². The van der Waals surface area contributed by atoms with Gasteiger partial charge in [0.05, 0.1) is 18.1 Å². The fourth-order valence-corrected chi connectivity index (χ4v) is 5.59. The minimum Gasteiger partial charge on any atom is -0.493 e. The number of ether oxygens (including phenoxy) is 2. The van der Waals surface area contributed by atoms with Gasteiger partial charge in [0.25, 0.3) is 0 Å². The molecule has 1 fully saturated rings. The Morgan fingerprint density at radius 3 is 2.59 bits per heavy atom. The van der Waals surface area contributed by atoms with E-state index in [-0.39, 0.29) is 23.3 Å². The van der Waals surface area contributed by atoms with Crippen molar-refractivity contribution < 1.29 is 19.1 Å². The number of hydrogen-bond donors (Lipinski definition) is 1. The van der Waals surface area contributed by atoms with Crippen molar-refractivity contribution in [3.8, 4) is 5.75 Å². The summed E-state index contributed by atoms with van der Waals surface area (Å²) in [5.74, 6) is 0.0499. The van der Waals surface area contributed by atoms with E-state index in [1.165, 1.54) is 6.42 Å². The molecule has 5 nitrogen and oxygen atoms in total. The van der Waals surface area contributed by atoms with Crippen LogP contribution in [0.1, 0.15) is 97.0 Å². The number of ketones is 1. The van der Waals surface area contributed by atoms with E-state index in [9.17, 15) is 9.59 Å². The topological polar surface area (TPSA) is 64.6 Å². The highest BCUT2D eigenvalue weighted by atomic mass is 16.5. The Hall–Kier alpha value is -2.56. The molecule has 0 aromatic heterocycles. The maximum absolute atomic E-state index is 13.6. The molecule has 5 heteroatoms. The zero-order chi connectivity index (χ0) is 24.3. The van der Waals surface area contributed by atoms with Gasteiger partial charge >= 0.3 is 5.97 Å². The fraction of sp³-hybridized carbons (Fsp3) is 0.586. The summed E-state index contributed by atoms with van der Waals surface area (Å²) in [5, 5.41) is 3.44. The van der Waals surface area contributed by atoms with Crippen LogP contribution in [-0.4, -0.2) is 24.5 Å².